The minimum Gasteiger partial charge on any atom is -0.481 e. The topological polar surface area (TPSA) is 55.1 Å². The van der Waals surface area contributed by atoms with Crippen LogP contribution in [0.3, 0.4) is 0 Å². The zero-order chi connectivity index (χ0) is 14.3. The molecule has 106 valence electrons. The molecule has 1 N–H and O–H groups in total. The van der Waals surface area contributed by atoms with Crippen LogP contribution in [0.2, 0.25) is 0 Å². The van der Waals surface area contributed by atoms with Gasteiger partial charge in [-0.25, -0.2) is 4.98 Å². The number of rotatable bonds is 2. The Hall–Kier alpha value is -1.84. The first-order valence-electron chi connectivity index (χ1n) is 7.21. The fraction of sp³-hybridized carbons (Fsp3) is 0.500. The number of carboxylic acids is 1. The van der Waals surface area contributed by atoms with Crippen molar-refractivity contribution in [3.05, 3.63) is 29.6 Å². The van der Waals surface area contributed by atoms with Crippen LogP contribution in [0.1, 0.15) is 43.5 Å². The average molecular weight is 272 g/mol. The smallest absolute Gasteiger partial charge is 0.314 e. The number of nitrogens with zero attached hydrogens (tertiary/aromatic N) is 2. The monoisotopic (exact) mass is 272 g/mol. The summed E-state index contributed by atoms with van der Waals surface area (Å²) < 4.78 is 2.04. The fourth-order valence-corrected chi connectivity index (χ4v) is 3.40. The molecule has 1 aliphatic rings. The number of fused-ring (bicyclic) bond motifs is 1. The van der Waals surface area contributed by atoms with E-state index in [2.05, 4.69) is 4.98 Å². The van der Waals surface area contributed by atoms with Crippen molar-refractivity contribution < 1.29 is 9.90 Å². The Labute approximate surface area is 118 Å². The maximum absolute atomic E-state index is 11.9. The van der Waals surface area contributed by atoms with E-state index in [9.17, 15) is 9.90 Å². The predicted octanol–water partition coefficient (Wildman–Crippen LogP) is 3.17. The number of aliphatic carboxylic acids is 1. The molecular weight excluding hydrogens is 252 g/mol. The van der Waals surface area contributed by atoms with E-state index in [1.807, 2.05) is 36.7 Å². The third-order valence-corrected chi connectivity index (χ3v) is 4.77. The molecule has 1 saturated carbocycles. The van der Waals surface area contributed by atoms with Crippen LogP contribution in [0.25, 0.3) is 11.0 Å². The molecule has 0 unspecified atom stereocenters. The molecule has 0 atom stereocenters. The van der Waals surface area contributed by atoms with Crippen LogP contribution >= 0.6 is 0 Å². The highest BCUT2D eigenvalue weighted by molar-refractivity contribution is 5.85. The van der Waals surface area contributed by atoms with Crippen LogP contribution in [0.4, 0.5) is 0 Å². The van der Waals surface area contributed by atoms with Gasteiger partial charge in [-0.05, 0) is 37.5 Å². The van der Waals surface area contributed by atoms with Crippen LogP contribution in [0.5, 0.6) is 0 Å². The van der Waals surface area contributed by atoms with E-state index in [4.69, 9.17) is 0 Å². The van der Waals surface area contributed by atoms with Crippen molar-refractivity contribution in [3.8, 4) is 0 Å². The molecule has 0 bridgehead atoms. The summed E-state index contributed by atoms with van der Waals surface area (Å²) in [6, 6.07) is 5.95. The second kappa shape index (κ2) is 4.62. The van der Waals surface area contributed by atoms with Crippen molar-refractivity contribution in [1.82, 2.24) is 9.55 Å². The number of benzene rings is 1. The van der Waals surface area contributed by atoms with E-state index in [-0.39, 0.29) is 0 Å². The molecule has 4 nitrogen and oxygen atoms in total. The molecule has 0 amide bonds. The average Bonchev–Trinajstić information content (AvgIpc) is 2.74. The lowest BCUT2D eigenvalue weighted by Gasteiger charge is -2.33. The summed E-state index contributed by atoms with van der Waals surface area (Å²) >= 11 is 0. The Kier molecular flexibility index (Phi) is 3.04. The first-order chi connectivity index (χ1) is 9.54. The SMILES string of the molecule is Cc1nc2cc(C3(C(=O)O)CCCCC3)ccc2n1C. The summed E-state index contributed by atoms with van der Waals surface area (Å²) in [4.78, 5) is 16.4. The Bertz CT molecular complexity index is 666. The molecule has 0 aliphatic heterocycles. The standard InChI is InChI=1S/C16H20N2O2/c1-11-17-13-10-12(6-7-14(13)18(11)2)16(15(19)20)8-4-3-5-9-16/h6-7,10H,3-5,8-9H2,1-2H3,(H,19,20). The molecule has 1 aromatic heterocycles. The van der Waals surface area contributed by atoms with Crippen LogP contribution in [0, 0.1) is 6.92 Å². The molecule has 0 spiro atoms. The summed E-state index contributed by atoms with van der Waals surface area (Å²) in [7, 11) is 1.98. The third-order valence-electron chi connectivity index (χ3n) is 4.77. The molecule has 0 saturated heterocycles. The zero-order valence-corrected chi connectivity index (χ0v) is 12.0. The molecular formula is C16H20N2O2. The van der Waals surface area contributed by atoms with Gasteiger partial charge in [-0.3, -0.25) is 4.79 Å². The number of imidazole rings is 1. The molecule has 1 aromatic carbocycles. The Morgan fingerprint density at radius 1 is 1.30 bits per heavy atom. The lowest BCUT2D eigenvalue weighted by molar-refractivity contribution is -0.145. The van der Waals surface area contributed by atoms with Crippen molar-refractivity contribution in [3.63, 3.8) is 0 Å². The van der Waals surface area contributed by atoms with Crippen molar-refractivity contribution in [2.45, 2.75) is 44.4 Å². The van der Waals surface area contributed by atoms with Crippen LogP contribution in [-0.2, 0) is 17.3 Å². The van der Waals surface area contributed by atoms with Crippen molar-refractivity contribution in [2.24, 2.45) is 7.05 Å². The second-order valence-corrected chi connectivity index (χ2v) is 5.87. The number of carboxylic acid groups (broad SMARTS) is 1. The maximum Gasteiger partial charge on any atom is 0.314 e. The zero-order valence-electron chi connectivity index (χ0n) is 12.0. The van der Waals surface area contributed by atoms with E-state index in [1.54, 1.807) is 0 Å². The number of hydrogen-bond acceptors (Lipinski definition) is 2. The molecule has 1 aliphatic carbocycles. The fourth-order valence-electron chi connectivity index (χ4n) is 3.40. The van der Waals surface area contributed by atoms with Gasteiger partial charge in [0.1, 0.15) is 5.82 Å². The minimum atomic E-state index is -0.710. The van der Waals surface area contributed by atoms with E-state index in [0.717, 1.165) is 54.5 Å². The normalized spacial score (nSPS) is 18.3. The quantitative estimate of drug-likeness (QED) is 0.913. The summed E-state index contributed by atoms with van der Waals surface area (Å²) in [5.74, 6) is 0.259. The van der Waals surface area contributed by atoms with Gasteiger partial charge in [0.2, 0.25) is 0 Å². The van der Waals surface area contributed by atoms with Crippen LogP contribution in [0.15, 0.2) is 18.2 Å². The van der Waals surface area contributed by atoms with E-state index < -0.39 is 11.4 Å². The highest BCUT2D eigenvalue weighted by atomic mass is 16.4. The lowest BCUT2D eigenvalue weighted by Crippen LogP contribution is -2.37. The Morgan fingerprint density at radius 2 is 2.00 bits per heavy atom. The van der Waals surface area contributed by atoms with Crippen LogP contribution in [-0.4, -0.2) is 20.6 Å². The minimum absolute atomic E-state index is 0.691. The number of aryl methyl sites for hydroxylation is 2. The van der Waals surface area contributed by atoms with Crippen LogP contribution < -0.4 is 0 Å². The van der Waals surface area contributed by atoms with Gasteiger partial charge in [0, 0.05) is 7.05 Å². The molecule has 0 radical (unpaired) electrons. The first-order valence-corrected chi connectivity index (χ1v) is 7.21. The third kappa shape index (κ3) is 1.82. The van der Waals surface area contributed by atoms with Crippen molar-refractivity contribution in [1.29, 1.82) is 0 Å². The van der Waals surface area contributed by atoms with E-state index in [0.29, 0.717) is 0 Å². The molecule has 3 rings (SSSR count). The first kappa shape index (κ1) is 13.2. The largest absolute Gasteiger partial charge is 0.481 e. The van der Waals surface area contributed by atoms with Crippen molar-refractivity contribution in [2.75, 3.05) is 0 Å². The van der Waals surface area contributed by atoms with Gasteiger partial charge in [-0.2, -0.15) is 0 Å². The Balaban J connectivity index is 2.14. The summed E-state index contributed by atoms with van der Waals surface area (Å²) in [6.45, 7) is 1.97. The summed E-state index contributed by atoms with van der Waals surface area (Å²) in [6.07, 6.45) is 4.59. The molecule has 20 heavy (non-hydrogen) atoms. The van der Waals surface area contributed by atoms with Gasteiger partial charge in [0.05, 0.1) is 16.4 Å². The number of hydrogen-bond donors (Lipinski definition) is 1. The van der Waals surface area contributed by atoms with Gasteiger partial charge >= 0.3 is 5.97 Å². The van der Waals surface area contributed by atoms with E-state index >= 15 is 0 Å². The Morgan fingerprint density at radius 3 is 2.65 bits per heavy atom. The van der Waals surface area contributed by atoms with Gasteiger partial charge in [-0.1, -0.05) is 25.3 Å². The molecule has 1 fully saturated rings. The summed E-state index contributed by atoms with van der Waals surface area (Å²) in [5.41, 5.74) is 2.16. The summed E-state index contributed by atoms with van der Waals surface area (Å²) in [5, 5.41) is 9.75. The van der Waals surface area contributed by atoms with Gasteiger partial charge in [0.15, 0.2) is 0 Å². The van der Waals surface area contributed by atoms with Gasteiger partial charge in [0.25, 0.3) is 0 Å². The number of carbonyl (C=O) groups is 1. The predicted molar refractivity (Wildman–Crippen MR) is 77.8 cm³/mol. The molecule has 4 heteroatoms. The molecule has 2 aromatic rings. The highest BCUT2D eigenvalue weighted by Gasteiger charge is 2.41. The lowest BCUT2D eigenvalue weighted by atomic mass is 9.69. The van der Waals surface area contributed by atoms with Gasteiger partial charge < -0.3 is 9.67 Å². The van der Waals surface area contributed by atoms with Gasteiger partial charge in [-0.15, -0.1) is 0 Å². The highest BCUT2D eigenvalue weighted by Crippen LogP contribution is 2.40. The maximum atomic E-state index is 11.9. The van der Waals surface area contributed by atoms with E-state index in [1.165, 1.54) is 0 Å². The second-order valence-electron chi connectivity index (χ2n) is 5.87. The van der Waals surface area contributed by atoms with Crippen molar-refractivity contribution >= 4 is 17.0 Å². The molecule has 1 heterocycles. The number of aromatic nitrogens is 2.